The van der Waals surface area contributed by atoms with E-state index in [0.717, 1.165) is 0 Å². The molecule has 0 aliphatic rings. The van der Waals surface area contributed by atoms with E-state index in [1.165, 1.54) is 12.1 Å². The standard InChI is InChI=1S/C15H22N2O4/c1-3-6-17(7-8-21-2)15(20)12(16)9-11-4-5-13(18)14(19)10-11/h3-5,10,12,18-19H,1,6-9,16H2,2H3/t12-/m0/s1. The average molecular weight is 294 g/mol. The van der Waals surface area contributed by atoms with Crippen molar-refractivity contribution in [2.75, 3.05) is 26.8 Å². The number of carbonyl (C=O) groups is 1. The summed E-state index contributed by atoms with van der Waals surface area (Å²) in [5, 5.41) is 18.7. The molecular weight excluding hydrogens is 272 g/mol. The molecule has 0 radical (unpaired) electrons. The van der Waals surface area contributed by atoms with E-state index in [4.69, 9.17) is 10.5 Å². The van der Waals surface area contributed by atoms with Crippen LogP contribution in [0.25, 0.3) is 0 Å². The number of phenols is 2. The van der Waals surface area contributed by atoms with Crippen LogP contribution in [0.5, 0.6) is 11.5 Å². The quantitative estimate of drug-likeness (QED) is 0.483. The van der Waals surface area contributed by atoms with Gasteiger partial charge in [-0.3, -0.25) is 4.79 Å². The number of nitrogens with zero attached hydrogens (tertiary/aromatic N) is 1. The lowest BCUT2D eigenvalue weighted by Crippen LogP contribution is -2.46. The lowest BCUT2D eigenvalue weighted by atomic mass is 10.0. The van der Waals surface area contributed by atoms with Crippen LogP contribution in [0.3, 0.4) is 0 Å². The molecule has 1 aromatic carbocycles. The fraction of sp³-hybridized carbons (Fsp3) is 0.400. The maximum Gasteiger partial charge on any atom is 0.240 e. The van der Waals surface area contributed by atoms with Crippen LogP contribution in [0, 0.1) is 0 Å². The van der Waals surface area contributed by atoms with Crippen molar-refractivity contribution in [2.45, 2.75) is 12.5 Å². The molecule has 0 spiro atoms. The highest BCUT2D eigenvalue weighted by Crippen LogP contribution is 2.25. The van der Waals surface area contributed by atoms with Gasteiger partial charge < -0.3 is 25.6 Å². The number of phenolic OH excluding ortho intramolecular Hbond substituents is 2. The normalized spacial score (nSPS) is 11.9. The first-order valence-electron chi connectivity index (χ1n) is 6.64. The average Bonchev–Trinajstić information content (AvgIpc) is 2.46. The minimum Gasteiger partial charge on any atom is -0.504 e. The van der Waals surface area contributed by atoms with Gasteiger partial charge in [0.15, 0.2) is 11.5 Å². The molecule has 6 heteroatoms. The second kappa shape index (κ2) is 8.28. The van der Waals surface area contributed by atoms with Gasteiger partial charge in [-0.2, -0.15) is 0 Å². The molecule has 0 fully saturated rings. The maximum atomic E-state index is 12.3. The monoisotopic (exact) mass is 294 g/mol. The van der Waals surface area contributed by atoms with E-state index in [-0.39, 0.29) is 23.8 Å². The Balaban J connectivity index is 2.70. The fourth-order valence-electron chi connectivity index (χ4n) is 1.92. The molecule has 0 saturated carbocycles. The van der Waals surface area contributed by atoms with Crippen LogP contribution in [0.2, 0.25) is 0 Å². The van der Waals surface area contributed by atoms with E-state index >= 15 is 0 Å². The highest BCUT2D eigenvalue weighted by molar-refractivity contribution is 5.82. The predicted octanol–water partition coefficient (Wildman–Crippen LogP) is 0.629. The van der Waals surface area contributed by atoms with Gasteiger partial charge in [-0.1, -0.05) is 12.1 Å². The summed E-state index contributed by atoms with van der Waals surface area (Å²) in [5.74, 6) is -0.638. The number of rotatable bonds is 8. The van der Waals surface area contributed by atoms with Crippen molar-refractivity contribution < 1.29 is 19.7 Å². The first kappa shape index (κ1) is 17.0. The minimum absolute atomic E-state index is 0.202. The van der Waals surface area contributed by atoms with E-state index < -0.39 is 6.04 Å². The summed E-state index contributed by atoms with van der Waals surface area (Å²) < 4.78 is 4.97. The Morgan fingerprint density at radius 2 is 2.19 bits per heavy atom. The molecule has 0 bridgehead atoms. The highest BCUT2D eigenvalue weighted by atomic mass is 16.5. The summed E-state index contributed by atoms with van der Waals surface area (Å²) >= 11 is 0. The topological polar surface area (TPSA) is 96.0 Å². The molecule has 0 aromatic heterocycles. The van der Waals surface area contributed by atoms with Crippen molar-refractivity contribution in [3.63, 3.8) is 0 Å². The summed E-state index contributed by atoms with van der Waals surface area (Å²) in [6, 6.07) is 3.66. The van der Waals surface area contributed by atoms with E-state index in [9.17, 15) is 15.0 Å². The van der Waals surface area contributed by atoms with Crippen LogP contribution in [0.4, 0.5) is 0 Å². The van der Waals surface area contributed by atoms with E-state index in [0.29, 0.717) is 25.3 Å². The molecule has 1 aromatic rings. The number of ether oxygens (including phenoxy) is 1. The zero-order valence-electron chi connectivity index (χ0n) is 12.2. The molecule has 116 valence electrons. The SMILES string of the molecule is C=CCN(CCOC)C(=O)[C@@H](N)Cc1ccc(O)c(O)c1. The largest absolute Gasteiger partial charge is 0.504 e. The molecule has 0 aliphatic heterocycles. The molecule has 0 heterocycles. The van der Waals surface area contributed by atoms with Crippen molar-refractivity contribution in [3.8, 4) is 11.5 Å². The van der Waals surface area contributed by atoms with Gasteiger partial charge in [-0.25, -0.2) is 0 Å². The first-order chi connectivity index (χ1) is 9.99. The molecule has 0 saturated heterocycles. The van der Waals surface area contributed by atoms with Gasteiger partial charge in [-0.15, -0.1) is 6.58 Å². The summed E-state index contributed by atoms with van der Waals surface area (Å²) in [5.41, 5.74) is 6.61. The Morgan fingerprint density at radius 3 is 2.76 bits per heavy atom. The van der Waals surface area contributed by atoms with Gasteiger partial charge in [-0.05, 0) is 24.1 Å². The summed E-state index contributed by atoms with van der Waals surface area (Å²) in [4.78, 5) is 13.9. The third-order valence-electron chi connectivity index (χ3n) is 3.04. The maximum absolute atomic E-state index is 12.3. The second-order valence-electron chi connectivity index (χ2n) is 4.70. The zero-order chi connectivity index (χ0) is 15.8. The molecule has 0 aliphatic carbocycles. The van der Waals surface area contributed by atoms with Crippen molar-refractivity contribution in [1.82, 2.24) is 4.90 Å². The Kier molecular flexibility index (Phi) is 6.71. The molecule has 1 amide bonds. The molecule has 1 rings (SSSR count). The van der Waals surface area contributed by atoms with Gasteiger partial charge in [0.05, 0.1) is 12.6 Å². The van der Waals surface area contributed by atoms with E-state index in [2.05, 4.69) is 6.58 Å². The number of hydrogen-bond acceptors (Lipinski definition) is 5. The third kappa shape index (κ3) is 5.09. The highest BCUT2D eigenvalue weighted by Gasteiger charge is 2.20. The van der Waals surface area contributed by atoms with Crippen molar-refractivity contribution >= 4 is 5.91 Å². The second-order valence-corrected chi connectivity index (χ2v) is 4.70. The van der Waals surface area contributed by atoms with Gasteiger partial charge in [0.2, 0.25) is 5.91 Å². The fourth-order valence-corrected chi connectivity index (χ4v) is 1.92. The lowest BCUT2D eigenvalue weighted by Gasteiger charge is -2.24. The number of amides is 1. The Bertz CT molecular complexity index is 491. The van der Waals surface area contributed by atoms with Crippen LogP contribution < -0.4 is 5.73 Å². The molecule has 21 heavy (non-hydrogen) atoms. The predicted molar refractivity (Wildman–Crippen MR) is 80.1 cm³/mol. The molecule has 6 nitrogen and oxygen atoms in total. The van der Waals surface area contributed by atoms with Crippen LogP contribution >= 0.6 is 0 Å². The lowest BCUT2D eigenvalue weighted by molar-refractivity contribution is -0.132. The number of nitrogens with two attached hydrogens (primary N) is 1. The summed E-state index contributed by atoms with van der Waals surface area (Å²) in [6.45, 7) is 4.88. The van der Waals surface area contributed by atoms with E-state index in [1.807, 2.05) is 0 Å². The molecular formula is C15H22N2O4. The zero-order valence-corrected chi connectivity index (χ0v) is 12.2. The number of carbonyl (C=O) groups excluding carboxylic acids is 1. The number of hydrogen-bond donors (Lipinski definition) is 3. The Labute approximate surface area is 124 Å². The Morgan fingerprint density at radius 1 is 1.48 bits per heavy atom. The van der Waals surface area contributed by atoms with Crippen LogP contribution in [0.15, 0.2) is 30.9 Å². The van der Waals surface area contributed by atoms with Crippen LogP contribution in [0.1, 0.15) is 5.56 Å². The van der Waals surface area contributed by atoms with Crippen molar-refractivity contribution in [2.24, 2.45) is 5.73 Å². The summed E-state index contributed by atoms with van der Waals surface area (Å²) in [7, 11) is 1.57. The Hall–Kier alpha value is -2.05. The number of benzene rings is 1. The number of aromatic hydroxyl groups is 2. The summed E-state index contributed by atoms with van der Waals surface area (Å²) in [6.07, 6.45) is 1.90. The number of methoxy groups -OCH3 is 1. The smallest absolute Gasteiger partial charge is 0.240 e. The first-order valence-corrected chi connectivity index (χ1v) is 6.64. The van der Waals surface area contributed by atoms with Crippen molar-refractivity contribution in [1.29, 1.82) is 0 Å². The van der Waals surface area contributed by atoms with Crippen LogP contribution in [-0.2, 0) is 16.0 Å². The molecule has 0 unspecified atom stereocenters. The van der Waals surface area contributed by atoms with Gasteiger partial charge in [0, 0.05) is 20.2 Å². The molecule has 1 atom stereocenters. The minimum atomic E-state index is -0.731. The van der Waals surface area contributed by atoms with Gasteiger partial charge in [0.1, 0.15) is 0 Å². The van der Waals surface area contributed by atoms with Crippen LogP contribution in [-0.4, -0.2) is 53.9 Å². The van der Waals surface area contributed by atoms with E-state index in [1.54, 1.807) is 24.2 Å². The third-order valence-corrected chi connectivity index (χ3v) is 3.04. The van der Waals surface area contributed by atoms with Gasteiger partial charge >= 0.3 is 0 Å². The van der Waals surface area contributed by atoms with Gasteiger partial charge in [0.25, 0.3) is 0 Å². The molecule has 4 N–H and O–H groups in total. The van der Waals surface area contributed by atoms with Crippen molar-refractivity contribution in [3.05, 3.63) is 36.4 Å².